The van der Waals surface area contributed by atoms with Gasteiger partial charge in [-0.1, -0.05) is 6.92 Å². The van der Waals surface area contributed by atoms with Crippen molar-refractivity contribution in [2.75, 3.05) is 27.2 Å². The van der Waals surface area contributed by atoms with Gasteiger partial charge < -0.3 is 15.3 Å². The molecular weight excluding hydrogens is 261 g/mol. The zero-order valence-corrected chi connectivity index (χ0v) is 11.7. The van der Waals surface area contributed by atoms with Gasteiger partial charge in [-0.25, -0.2) is 0 Å². The Morgan fingerprint density at radius 1 is 1.26 bits per heavy atom. The lowest BCUT2D eigenvalue weighted by Gasteiger charge is -2.28. The fourth-order valence-corrected chi connectivity index (χ4v) is 1.92. The Labute approximate surface area is 112 Å². The second kappa shape index (κ2) is 7.69. The van der Waals surface area contributed by atoms with E-state index < -0.39 is 24.1 Å². The fraction of sp³-hybridized carbons (Fsp3) is 0.917. The van der Waals surface area contributed by atoms with E-state index in [9.17, 15) is 23.1 Å². The van der Waals surface area contributed by atoms with Crippen LogP contribution in [0.15, 0.2) is 0 Å². The van der Waals surface area contributed by atoms with E-state index in [0.717, 1.165) is 0 Å². The zero-order chi connectivity index (χ0) is 15.1. The highest BCUT2D eigenvalue weighted by atomic mass is 19.4. The molecule has 0 saturated carbocycles. The molecule has 2 N–H and O–H groups in total. The van der Waals surface area contributed by atoms with Crippen LogP contribution in [0.1, 0.15) is 32.6 Å². The van der Waals surface area contributed by atoms with Gasteiger partial charge >= 0.3 is 12.1 Å². The molecule has 0 amide bonds. The maximum atomic E-state index is 12.0. The van der Waals surface area contributed by atoms with E-state index in [1.165, 1.54) is 0 Å². The first-order valence-corrected chi connectivity index (χ1v) is 6.34. The minimum atomic E-state index is -4.15. The quantitative estimate of drug-likeness (QED) is 0.681. The Morgan fingerprint density at radius 2 is 1.84 bits per heavy atom. The first-order chi connectivity index (χ1) is 8.67. The molecule has 0 spiro atoms. The molecule has 0 aromatic heterocycles. The Hall–Kier alpha value is -0.820. The number of halogens is 3. The second-order valence-corrected chi connectivity index (χ2v) is 4.76. The maximum absolute atomic E-state index is 12.0. The summed E-state index contributed by atoms with van der Waals surface area (Å²) in [5.74, 6) is -0.921. The first-order valence-electron chi connectivity index (χ1n) is 6.34. The van der Waals surface area contributed by atoms with E-state index in [0.29, 0.717) is 25.8 Å². The predicted molar refractivity (Wildman–Crippen MR) is 67.1 cm³/mol. The maximum Gasteiger partial charge on any atom is 0.390 e. The van der Waals surface area contributed by atoms with Gasteiger partial charge in [0.15, 0.2) is 0 Å². The van der Waals surface area contributed by atoms with Crippen molar-refractivity contribution in [3.63, 3.8) is 0 Å². The van der Waals surface area contributed by atoms with Gasteiger partial charge in [0.25, 0.3) is 0 Å². The van der Waals surface area contributed by atoms with Crippen LogP contribution in [0.4, 0.5) is 13.2 Å². The van der Waals surface area contributed by atoms with Crippen LogP contribution >= 0.6 is 0 Å². The van der Waals surface area contributed by atoms with Crippen LogP contribution in [-0.4, -0.2) is 54.9 Å². The summed E-state index contributed by atoms with van der Waals surface area (Å²) in [6.07, 6.45) is -3.62. The molecular formula is C12H23F3N2O2. The van der Waals surface area contributed by atoms with Crippen LogP contribution in [0.3, 0.4) is 0 Å². The molecule has 7 heteroatoms. The van der Waals surface area contributed by atoms with Crippen molar-refractivity contribution in [1.29, 1.82) is 0 Å². The smallest absolute Gasteiger partial charge is 0.390 e. The predicted octanol–water partition coefficient (Wildman–Crippen LogP) is 2.10. The largest absolute Gasteiger partial charge is 0.480 e. The van der Waals surface area contributed by atoms with E-state index in [4.69, 9.17) is 0 Å². The standard InChI is InChI=1S/C12H23F3N2O2/c1-4-11(16-2,10(18)19)6-5-8-17(3)9-7-12(13,14)15/h16H,4-9H2,1-3H3,(H,18,19). The van der Waals surface area contributed by atoms with E-state index in [2.05, 4.69) is 5.32 Å². The third-order valence-electron chi connectivity index (χ3n) is 3.41. The van der Waals surface area contributed by atoms with Gasteiger partial charge in [-0.2, -0.15) is 13.2 Å². The highest BCUT2D eigenvalue weighted by Gasteiger charge is 2.34. The third-order valence-corrected chi connectivity index (χ3v) is 3.41. The minimum absolute atomic E-state index is 0.0603. The van der Waals surface area contributed by atoms with Gasteiger partial charge in [0.2, 0.25) is 0 Å². The van der Waals surface area contributed by atoms with Crippen LogP contribution in [0.25, 0.3) is 0 Å². The van der Waals surface area contributed by atoms with Crippen LogP contribution in [0.2, 0.25) is 0 Å². The summed E-state index contributed by atoms with van der Waals surface area (Å²) in [7, 11) is 3.20. The zero-order valence-electron chi connectivity index (χ0n) is 11.7. The molecule has 19 heavy (non-hydrogen) atoms. The molecule has 1 unspecified atom stereocenters. The molecule has 114 valence electrons. The molecule has 0 aliphatic carbocycles. The molecule has 0 aliphatic heterocycles. The molecule has 0 aromatic carbocycles. The van der Waals surface area contributed by atoms with Crippen molar-refractivity contribution in [2.45, 2.75) is 44.3 Å². The SMILES string of the molecule is CCC(CCCN(C)CCC(F)(F)F)(NC)C(=O)O. The highest BCUT2D eigenvalue weighted by molar-refractivity contribution is 5.78. The summed E-state index contributed by atoms with van der Waals surface area (Å²) in [6, 6.07) is 0. The number of rotatable bonds is 9. The van der Waals surface area contributed by atoms with Crippen LogP contribution in [-0.2, 0) is 4.79 Å². The normalized spacial score (nSPS) is 15.5. The van der Waals surface area contributed by atoms with Gasteiger partial charge in [0.1, 0.15) is 5.54 Å². The molecule has 0 radical (unpaired) electrons. The topological polar surface area (TPSA) is 52.6 Å². The van der Waals surface area contributed by atoms with Gasteiger partial charge in [-0.3, -0.25) is 4.79 Å². The van der Waals surface area contributed by atoms with Crippen molar-refractivity contribution in [3.8, 4) is 0 Å². The molecule has 0 bridgehead atoms. The monoisotopic (exact) mass is 284 g/mol. The van der Waals surface area contributed by atoms with Crippen molar-refractivity contribution in [2.24, 2.45) is 0 Å². The summed E-state index contributed by atoms with van der Waals surface area (Å²) in [5, 5.41) is 12.0. The number of alkyl halides is 3. The lowest BCUT2D eigenvalue weighted by molar-refractivity contribution is -0.145. The van der Waals surface area contributed by atoms with Crippen molar-refractivity contribution in [3.05, 3.63) is 0 Å². The average Bonchev–Trinajstić information content (AvgIpc) is 2.31. The van der Waals surface area contributed by atoms with Crippen molar-refractivity contribution < 1.29 is 23.1 Å². The minimum Gasteiger partial charge on any atom is -0.480 e. The van der Waals surface area contributed by atoms with E-state index >= 15 is 0 Å². The lowest BCUT2D eigenvalue weighted by Crippen LogP contribution is -2.50. The Kier molecular flexibility index (Phi) is 7.36. The summed E-state index contributed by atoms with van der Waals surface area (Å²) < 4.78 is 36.1. The van der Waals surface area contributed by atoms with Crippen molar-refractivity contribution >= 4 is 5.97 Å². The number of hydrogen-bond donors (Lipinski definition) is 2. The van der Waals surface area contributed by atoms with E-state index in [1.54, 1.807) is 25.9 Å². The number of hydrogen-bond acceptors (Lipinski definition) is 3. The Balaban J connectivity index is 4.10. The molecule has 0 aromatic rings. The first kappa shape index (κ1) is 18.2. The fourth-order valence-electron chi connectivity index (χ4n) is 1.92. The number of nitrogens with one attached hydrogen (secondary N) is 1. The van der Waals surface area contributed by atoms with E-state index in [1.807, 2.05) is 0 Å². The molecule has 0 fully saturated rings. The molecule has 0 saturated heterocycles. The summed E-state index contributed by atoms with van der Waals surface area (Å²) in [6.45, 7) is 2.17. The molecule has 0 aliphatic rings. The highest BCUT2D eigenvalue weighted by Crippen LogP contribution is 2.20. The third kappa shape index (κ3) is 6.77. The summed E-state index contributed by atoms with van der Waals surface area (Å²) >= 11 is 0. The average molecular weight is 284 g/mol. The van der Waals surface area contributed by atoms with Crippen molar-refractivity contribution in [1.82, 2.24) is 10.2 Å². The Morgan fingerprint density at radius 3 is 2.21 bits per heavy atom. The number of carboxylic acids is 1. The van der Waals surface area contributed by atoms with Crippen LogP contribution < -0.4 is 5.32 Å². The number of nitrogens with zero attached hydrogens (tertiary/aromatic N) is 1. The summed E-state index contributed by atoms with van der Waals surface area (Å²) in [4.78, 5) is 12.8. The molecule has 0 heterocycles. The second-order valence-electron chi connectivity index (χ2n) is 4.76. The number of aliphatic carboxylic acids is 1. The van der Waals surface area contributed by atoms with Gasteiger partial charge in [-0.05, 0) is 39.9 Å². The van der Waals surface area contributed by atoms with Crippen LogP contribution in [0.5, 0.6) is 0 Å². The van der Waals surface area contributed by atoms with E-state index in [-0.39, 0.29) is 6.54 Å². The summed E-state index contributed by atoms with van der Waals surface area (Å²) in [5.41, 5.74) is -0.981. The number of carbonyl (C=O) groups is 1. The molecule has 1 atom stereocenters. The Bertz CT molecular complexity index is 279. The van der Waals surface area contributed by atoms with Gasteiger partial charge in [-0.15, -0.1) is 0 Å². The molecule has 0 rings (SSSR count). The van der Waals surface area contributed by atoms with Gasteiger partial charge in [0, 0.05) is 6.54 Å². The number of carboxylic acid groups (broad SMARTS) is 1. The molecule has 4 nitrogen and oxygen atoms in total. The number of likely N-dealkylation sites (N-methyl/N-ethyl adjacent to an activating group) is 1. The van der Waals surface area contributed by atoms with Gasteiger partial charge in [0.05, 0.1) is 6.42 Å². The van der Waals surface area contributed by atoms with Crippen LogP contribution in [0, 0.1) is 0 Å². The lowest BCUT2D eigenvalue weighted by atomic mass is 9.90.